The van der Waals surface area contributed by atoms with Gasteiger partial charge in [-0.1, -0.05) is 31.0 Å². The number of nitrogens with zero attached hydrogens (tertiary/aromatic N) is 1. The van der Waals surface area contributed by atoms with Crippen LogP contribution in [0.5, 0.6) is 0 Å². The summed E-state index contributed by atoms with van der Waals surface area (Å²) in [5.41, 5.74) is 0.222. The maximum Gasteiger partial charge on any atom is 0.223 e. The van der Waals surface area contributed by atoms with Gasteiger partial charge in [0.1, 0.15) is 5.82 Å². The van der Waals surface area contributed by atoms with Crippen molar-refractivity contribution in [2.24, 2.45) is 5.41 Å². The molecule has 1 aromatic carbocycles. The average Bonchev–Trinajstić information content (AvgIpc) is 3.09. The van der Waals surface area contributed by atoms with Gasteiger partial charge >= 0.3 is 0 Å². The van der Waals surface area contributed by atoms with Gasteiger partial charge in [-0.05, 0) is 24.3 Å². The highest BCUT2D eigenvalue weighted by Gasteiger charge is 2.39. The third kappa shape index (κ3) is 4.81. The third-order valence-electron chi connectivity index (χ3n) is 5.52. The van der Waals surface area contributed by atoms with Crippen molar-refractivity contribution in [2.45, 2.75) is 45.1 Å². The van der Waals surface area contributed by atoms with Crippen molar-refractivity contribution in [3.8, 4) is 0 Å². The predicted octanol–water partition coefficient (Wildman–Crippen LogP) is 2.64. The maximum atomic E-state index is 13.7. The van der Waals surface area contributed by atoms with Crippen LogP contribution in [0.2, 0.25) is 0 Å². The van der Waals surface area contributed by atoms with Crippen LogP contribution in [0.4, 0.5) is 4.39 Å². The summed E-state index contributed by atoms with van der Waals surface area (Å²) in [4.78, 5) is 27.0. The van der Waals surface area contributed by atoms with Gasteiger partial charge in [0.05, 0.1) is 13.2 Å². The Kier molecular flexibility index (Phi) is 6.25. The zero-order chi connectivity index (χ0) is 18.4. The molecular formula is C20H27FN2O3. The lowest BCUT2D eigenvalue weighted by Crippen LogP contribution is -2.43. The van der Waals surface area contributed by atoms with Crippen molar-refractivity contribution in [3.05, 3.63) is 35.6 Å². The number of hydrogen-bond donors (Lipinski definition) is 1. The van der Waals surface area contributed by atoms with Crippen molar-refractivity contribution in [3.63, 3.8) is 0 Å². The topological polar surface area (TPSA) is 58.6 Å². The Balaban J connectivity index is 1.56. The molecular weight excluding hydrogens is 335 g/mol. The summed E-state index contributed by atoms with van der Waals surface area (Å²) in [6, 6.07) is 6.44. The largest absolute Gasteiger partial charge is 0.378 e. The molecule has 0 spiro atoms. The van der Waals surface area contributed by atoms with E-state index in [4.69, 9.17) is 4.74 Å². The highest BCUT2D eigenvalue weighted by Crippen LogP contribution is 2.44. The van der Waals surface area contributed by atoms with Crippen molar-refractivity contribution in [2.75, 3.05) is 26.3 Å². The van der Waals surface area contributed by atoms with Gasteiger partial charge < -0.3 is 15.0 Å². The van der Waals surface area contributed by atoms with E-state index in [9.17, 15) is 14.0 Å². The molecule has 2 fully saturated rings. The highest BCUT2D eigenvalue weighted by molar-refractivity contribution is 5.80. The van der Waals surface area contributed by atoms with Crippen LogP contribution >= 0.6 is 0 Å². The van der Waals surface area contributed by atoms with Crippen LogP contribution < -0.4 is 5.32 Å². The first kappa shape index (κ1) is 18.8. The summed E-state index contributed by atoms with van der Waals surface area (Å²) >= 11 is 0. The minimum Gasteiger partial charge on any atom is -0.378 e. The minimum absolute atomic E-state index is 0.107. The molecule has 0 aromatic heterocycles. The van der Waals surface area contributed by atoms with Crippen LogP contribution in [0.15, 0.2) is 24.3 Å². The fraction of sp³-hybridized carbons (Fsp3) is 0.600. The zero-order valence-electron chi connectivity index (χ0n) is 15.1. The molecule has 3 rings (SSSR count). The number of benzene rings is 1. The number of nitrogens with one attached hydrogen (secondary N) is 1. The monoisotopic (exact) mass is 362 g/mol. The van der Waals surface area contributed by atoms with E-state index in [0.717, 1.165) is 25.7 Å². The summed E-state index contributed by atoms with van der Waals surface area (Å²) in [6.45, 7) is 2.62. The second-order valence-corrected chi connectivity index (χ2v) is 7.42. The first-order valence-electron chi connectivity index (χ1n) is 9.44. The third-order valence-corrected chi connectivity index (χ3v) is 5.52. The van der Waals surface area contributed by atoms with Crippen LogP contribution in [0.25, 0.3) is 0 Å². The number of carbonyl (C=O) groups excluding carboxylic acids is 2. The molecule has 0 radical (unpaired) electrons. The van der Waals surface area contributed by atoms with Crippen molar-refractivity contribution in [1.82, 2.24) is 10.2 Å². The number of rotatable bonds is 6. The standard InChI is InChI=1S/C20H27FN2O3/c21-17-6-2-1-5-16(17)15-22-18(24)13-20(7-3-4-8-20)14-19(25)23-9-11-26-12-10-23/h1-2,5-6H,3-4,7-15H2,(H,22,24). The van der Waals surface area contributed by atoms with Crippen LogP contribution in [0, 0.1) is 11.2 Å². The van der Waals surface area contributed by atoms with Crippen LogP contribution in [0.3, 0.4) is 0 Å². The number of carbonyl (C=O) groups is 2. The quantitative estimate of drug-likeness (QED) is 0.846. The summed E-state index contributed by atoms with van der Waals surface area (Å²) in [7, 11) is 0. The van der Waals surface area contributed by atoms with Crippen molar-refractivity contribution >= 4 is 11.8 Å². The van der Waals surface area contributed by atoms with Gasteiger partial charge in [-0.25, -0.2) is 4.39 Å². The molecule has 1 aliphatic carbocycles. The summed E-state index contributed by atoms with van der Waals surface area (Å²) in [5.74, 6) is -0.298. The molecule has 0 unspecified atom stereocenters. The molecule has 1 saturated heterocycles. The smallest absolute Gasteiger partial charge is 0.223 e. The number of amides is 2. The van der Waals surface area contributed by atoms with E-state index in [1.165, 1.54) is 6.07 Å². The van der Waals surface area contributed by atoms with Crippen LogP contribution in [-0.4, -0.2) is 43.0 Å². The highest BCUT2D eigenvalue weighted by atomic mass is 19.1. The second-order valence-electron chi connectivity index (χ2n) is 7.42. The molecule has 1 aromatic rings. The lowest BCUT2D eigenvalue weighted by atomic mass is 9.78. The molecule has 1 saturated carbocycles. The molecule has 0 bridgehead atoms. The number of hydrogen-bond acceptors (Lipinski definition) is 3. The molecule has 2 aliphatic rings. The Morgan fingerprint density at radius 3 is 2.50 bits per heavy atom. The summed E-state index contributed by atoms with van der Waals surface area (Å²) in [5, 5.41) is 2.82. The van der Waals surface area contributed by atoms with Gasteiger partial charge in [0.15, 0.2) is 0 Å². The second kappa shape index (κ2) is 8.62. The van der Waals surface area contributed by atoms with Gasteiger partial charge in [0.2, 0.25) is 11.8 Å². The first-order valence-corrected chi connectivity index (χ1v) is 9.44. The molecule has 1 N–H and O–H groups in total. The lowest BCUT2D eigenvalue weighted by Gasteiger charge is -2.33. The van der Waals surface area contributed by atoms with Crippen LogP contribution in [-0.2, 0) is 20.9 Å². The summed E-state index contributed by atoms with van der Waals surface area (Å²) in [6.07, 6.45) is 4.65. The predicted molar refractivity (Wildman–Crippen MR) is 95.8 cm³/mol. The fourth-order valence-corrected chi connectivity index (χ4v) is 4.03. The molecule has 6 heteroatoms. The normalized spacial score (nSPS) is 19.3. The number of ether oxygens (including phenoxy) is 1. The average molecular weight is 362 g/mol. The Bertz CT molecular complexity index is 638. The fourth-order valence-electron chi connectivity index (χ4n) is 4.03. The van der Waals surface area contributed by atoms with E-state index in [0.29, 0.717) is 44.7 Å². The Labute approximate surface area is 153 Å². The molecule has 142 valence electrons. The van der Waals surface area contributed by atoms with E-state index >= 15 is 0 Å². The maximum absolute atomic E-state index is 13.7. The van der Waals surface area contributed by atoms with E-state index in [1.807, 2.05) is 4.90 Å². The van der Waals surface area contributed by atoms with Crippen molar-refractivity contribution in [1.29, 1.82) is 0 Å². The van der Waals surface area contributed by atoms with E-state index in [-0.39, 0.29) is 29.6 Å². The number of halogens is 1. The van der Waals surface area contributed by atoms with Gasteiger partial charge in [-0.15, -0.1) is 0 Å². The molecule has 2 amide bonds. The van der Waals surface area contributed by atoms with Crippen LogP contribution in [0.1, 0.15) is 44.1 Å². The first-order chi connectivity index (χ1) is 12.6. The molecule has 1 aliphatic heterocycles. The van der Waals surface area contributed by atoms with E-state index in [2.05, 4.69) is 5.32 Å². The van der Waals surface area contributed by atoms with Gasteiger partial charge in [0.25, 0.3) is 0 Å². The van der Waals surface area contributed by atoms with Gasteiger partial charge in [-0.3, -0.25) is 9.59 Å². The molecule has 26 heavy (non-hydrogen) atoms. The van der Waals surface area contributed by atoms with E-state index < -0.39 is 0 Å². The Morgan fingerprint density at radius 1 is 1.12 bits per heavy atom. The zero-order valence-corrected chi connectivity index (χ0v) is 15.1. The SMILES string of the molecule is O=C(CC1(CC(=O)N2CCOCC2)CCCC1)NCc1ccccc1F. The molecule has 5 nitrogen and oxygen atoms in total. The minimum atomic E-state index is -0.314. The number of morpholine rings is 1. The van der Waals surface area contributed by atoms with E-state index in [1.54, 1.807) is 18.2 Å². The molecule has 1 heterocycles. The van der Waals surface area contributed by atoms with Gasteiger partial charge in [-0.2, -0.15) is 0 Å². The molecule has 0 atom stereocenters. The van der Waals surface area contributed by atoms with Crippen molar-refractivity contribution < 1.29 is 18.7 Å². The Hall–Kier alpha value is -1.95. The van der Waals surface area contributed by atoms with Gasteiger partial charge in [0, 0.05) is 38.0 Å². The summed E-state index contributed by atoms with van der Waals surface area (Å²) < 4.78 is 19.0. The lowest BCUT2D eigenvalue weighted by molar-refractivity contribution is -0.138. The Morgan fingerprint density at radius 2 is 1.81 bits per heavy atom.